The number of Topliss-reactive ketones (excluding diaryl/α,β-unsaturated/α-hetero) is 1. The van der Waals surface area contributed by atoms with Crippen molar-refractivity contribution in [3.05, 3.63) is 11.6 Å². The average Bonchev–Trinajstić information content (AvgIpc) is 2.58. The van der Waals surface area contributed by atoms with Gasteiger partial charge in [0.25, 0.3) is 0 Å². The fourth-order valence-corrected chi connectivity index (χ4v) is 5.64. The van der Waals surface area contributed by atoms with E-state index in [1.54, 1.807) is 0 Å². The molecule has 2 aliphatic carbocycles. The van der Waals surface area contributed by atoms with Crippen LogP contribution in [0.5, 0.6) is 0 Å². The number of carbonyl (C=O) groups excluding carboxylic acids is 1. The molecule has 110 valence electrons. The van der Waals surface area contributed by atoms with Crippen LogP contribution in [0, 0.1) is 17.3 Å². The Kier molecular flexibility index (Phi) is 2.55. The number of nitrogens with zero attached hydrogens (tertiary/aromatic N) is 1. The number of piperidine rings is 1. The SMILES string of the molecule is C[C@@H]1C[C@H]2C(=O)[C@@H](O)C3=CCCN4CCC[C@@]32[C@@]4(O)C1. The predicted molar refractivity (Wildman–Crippen MR) is 73.8 cm³/mol. The third-order valence-electron chi connectivity index (χ3n) is 6.29. The first-order valence-electron chi connectivity index (χ1n) is 7.90. The van der Waals surface area contributed by atoms with Gasteiger partial charge in [-0.05, 0) is 43.6 Å². The summed E-state index contributed by atoms with van der Waals surface area (Å²) >= 11 is 0. The lowest BCUT2D eigenvalue weighted by molar-refractivity contribution is -0.240. The summed E-state index contributed by atoms with van der Waals surface area (Å²) in [6, 6.07) is 0. The molecule has 1 unspecified atom stereocenters. The van der Waals surface area contributed by atoms with Crippen LogP contribution in [0.1, 0.15) is 39.0 Å². The molecule has 4 rings (SSSR count). The maximum atomic E-state index is 12.6. The molecule has 0 aromatic carbocycles. The van der Waals surface area contributed by atoms with Gasteiger partial charge in [-0.25, -0.2) is 0 Å². The minimum absolute atomic E-state index is 0.0509. The second-order valence-electron chi connectivity index (χ2n) is 7.23. The van der Waals surface area contributed by atoms with E-state index in [1.807, 2.05) is 0 Å². The molecule has 0 aromatic rings. The number of rotatable bonds is 0. The van der Waals surface area contributed by atoms with Crippen molar-refractivity contribution in [1.29, 1.82) is 0 Å². The molecule has 4 heteroatoms. The van der Waals surface area contributed by atoms with Gasteiger partial charge >= 0.3 is 0 Å². The van der Waals surface area contributed by atoms with E-state index in [9.17, 15) is 15.0 Å². The second-order valence-corrected chi connectivity index (χ2v) is 7.23. The summed E-state index contributed by atoms with van der Waals surface area (Å²) in [6.07, 6.45) is 5.27. The summed E-state index contributed by atoms with van der Waals surface area (Å²) in [4.78, 5) is 14.7. The molecule has 4 aliphatic rings. The van der Waals surface area contributed by atoms with Gasteiger partial charge in [-0.1, -0.05) is 13.0 Å². The minimum atomic E-state index is -0.977. The maximum Gasteiger partial charge on any atom is 0.169 e. The smallest absolute Gasteiger partial charge is 0.169 e. The predicted octanol–water partition coefficient (Wildman–Crippen LogP) is 1.08. The molecule has 2 saturated carbocycles. The summed E-state index contributed by atoms with van der Waals surface area (Å²) < 4.78 is 0. The van der Waals surface area contributed by atoms with Crippen molar-refractivity contribution in [2.24, 2.45) is 17.3 Å². The molecule has 1 spiro atoms. The molecule has 2 N–H and O–H groups in total. The molecule has 2 bridgehead atoms. The van der Waals surface area contributed by atoms with Crippen LogP contribution in [0.25, 0.3) is 0 Å². The number of aliphatic hydroxyl groups excluding tert-OH is 1. The molecular weight excluding hydrogens is 254 g/mol. The van der Waals surface area contributed by atoms with Crippen molar-refractivity contribution in [3.8, 4) is 0 Å². The van der Waals surface area contributed by atoms with Crippen molar-refractivity contribution >= 4 is 5.78 Å². The van der Waals surface area contributed by atoms with Gasteiger partial charge < -0.3 is 10.2 Å². The fourth-order valence-electron chi connectivity index (χ4n) is 5.64. The Morgan fingerprint density at radius 3 is 3.00 bits per heavy atom. The number of hydrogen-bond acceptors (Lipinski definition) is 4. The van der Waals surface area contributed by atoms with Crippen LogP contribution in [-0.2, 0) is 4.79 Å². The molecule has 0 radical (unpaired) electrons. The molecule has 0 amide bonds. The first kappa shape index (κ1) is 13.0. The van der Waals surface area contributed by atoms with Gasteiger partial charge in [-0.15, -0.1) is 0 Å². The van der Waals surface area contributed by atoms with Crippen molar-refractivity contribution in [2.45, 2.75) is 50.9 Å². The number of aliphatic hydroxyl groups is 2. The molecular formula is C16H23NO3. The largest absolute Gasteiger partial charge is 0.381 e. The normalized spacial score (nSPS) is 54.1. The first-order valence-corrected chi connectivity index (χ1v) is 7.90. The topological polar surface area (TPSA) is 60.8 Å². The zero-order valence-corrected chi connectivity index (χ0v) is 12.0. The Bertz CT molecular complexity index is 502. The summed E-state index contributed by atoms with van der Waals surface area (Å²) in [5.41, 5.74) is -0.600. The zero-order chi connectivity index (χ0) is 14.1. The maximum absolute atomic E-state index is 12.6. The molecule has 6 atom stereocenters. The highest BCUT2D eigenvalue weighted by Crippen LogP contribution is 2.65. The Morgan fingerprint density at radius 2 is 2.20 bits per heavy atom. The minimum Gasteiger partial charge on any atom is -0.381 e. The Morgan fingerprint density at radius 1 is 1.40 bits per heavy atom. The van der Waals surface area contributed by atoms with E-state index in [-0.39, 0.29) is 11.7 Å². The van der Waals surface area contributed by atoms with E-state index in [4.69, 9.17) is 0 Å². The molecule has 4 nitrogen and oxygen atoms in total. The van der Waals surface area contributed by atoms with Crippen LogP contribution in [0.15, 0.2) is 11.6 Å². The second kappa shape index (κ2) is 3.93. The van der Waals surface area contributed by atoms with E-state index < -0.39 is 17.2 Å². The van der Waals surface area contributed by atoms with Gasteiger partial charge in [0.1, 0.15) is 11.8 Å². The molecule has 0 aromatic heterocycles. The summed E-state index contributed by atoms with van der Waals surface area (Å²) in [5, 5.41) is 22.0. The van der Waals surface area contributed by atoms with Gasteiger partial charge in [-0.2, -0.15) is 0 Å². The van der Waals surface area contributed by atoms with Gasteiger partial charge in [-0.3, -0.25) is 9.69 Å². The average molecular weight is 277 g/mol. The van der Waals surface area contributed by atoms with Crippen molar-refractivity contribution in [3.63, 3.8) is 0 Å². The van der Waals surface area contributed by atoms with Crippen molar-refractivity contribution < 1.29 is 15.0 Å². The molecule has 2 heterocycles. The Hall–Kier alpha value is -0.710. The lowest BCUT2D eigenvalue weighted by Gasteiger charge is -2.60. The van der Waals surface area contributed by atoms with Crippen molar-refractivity contribution in [1.82, 2.24) is 4.90 Å². The lowest BCUT2D eigenvalue weighted by atomic mass is 9.55. The highest BCUT2D eigenvalue weighted by molar-refractivity contribution is 5.94. The van der Waals surface area contributed by atoms with Gasteiger partial charge in [0, 0.05) is 24.4 Å². The lowest BCUT2D eigenvalue weighted by Crippen LogP contribution is -2.67. The number of hydrogen-bond donors (Lipinski definition) is 2. The fraction of sp³-hybridized carbons (Fsp3) is 0.812. The van der Waals surface area contributed by atoms with Crippen LogP contribution in [0.2, 0.25) is 0 Å². The Labute approximate surface area is 119 Å². The van der Waals surface area contributed by atoms with Crippen LogP contribution in [-0.4, -0.2) is 45.8 Å². The van der Waals surface area contributed by atoms with E-state index in [0.717, 1.165) is 50.8 Å². The molecule has 3 fully saturated rings. The van der Waals surface area contributed by atoms with Gasteiger partial charge in [0.15, 0.2) is 5.78 Å². The van der Waals surface area contributed by atoms with E-state index in [0.29, 0.717) is 5.92 Å². The monoisotopic (exact) mass is 277 g/mol. The van der Waals surface area contributed by atoms with Crippen LogP contribution >= 0.6 is 0 Å². The quantitative estimate of drug-likeness (QED) is 0.650. The zero-order valence-electron chi connectivity index (χ0n) is 12.0. The highest BCUT2D eigenvalue weighted by atomic mass is 16.3. The molecule has 2 aliphatic heterocycles. The highest BCUT2D eigenvalue weighted by Gasteiger charge is 2.70. The Balaban J connectivity index is 1.97. The van der Waals surface area contributed by atoms with Crippen molar-refractivity contribution in [2.75, 3.05) is 13.1 Å². The third kappa shape index (κ3) is 1.26. The van der Waals surface area contributed by atoms with Gasteiger partial charge in [0.2, 0.25) is 0 Å². The van der Waals surface area contributed by atoms with Crippen LogP contribution in [0.4, 0.5) is 0 Å². The third-order valence-corrected chi connectivity index (χ3v) is 6.29. The number of ketones is 1. The van der Waals surface area contributed by atoms with Gasteiger partial charge in [0.05, 0.1) is 0 Å². The molecule has 1 saturated heterocycles. The van der Waals surface area contributed by atoms with E-state index >= 15 is 0 Å². The molecule has 20 heavy (non-hydrogen) atoms. The van der Waals surface area contributed by atoms with Crippen LogP contribution < -0.4 is 0 Å². The van der Waals surface area contributed by atoms with E-state index in [2.05, 4.69) is 17.9 Å². The standard InChI is InChI=1S/C16H23NO3/c1-10-8-12-14(19)13(18)11-4-2-6-17-7-3-5-15(11,12)16(17,20)9-10/h4,10,12-13,18,20H,2-3,5-9H2,1H3/t10-,12+,13+,15-,16+/m1/s1. The summed E-state index contributed by atoms with van der Waals surface area (Å²) in [5.74, 6) is 0.0794. The summed E-state index contributed by atoms with van der Waals surface area (Å²) in [7, 11) is 0. The first-order chi connectivity index (χ1) is 9.50. The number of carbonyl (C=O) groups is 1. The van der Waals surface area contributed by atoms with E-state index in [1.165, 1.54) is 0 Å². The van der Waals surface area contributed by atoms with Crippen LogP contribution in [0.3, 0.4) is 0 Å². The summed E-state index contributed by atoms with van der Waals surface area (Å²) in [6.45, 7) is 3.86.